The Labute approximate surface area is 551 Å². The van der Waals surface area contributed by atoms with Crippen molar-refractivity contribution < 1.29 is 8.83 Å². The van der Waals surface area contributed by atoms with Gasteiger partial charge in [-0.15, -0.1) is 0 Å². The number of rotatable bonds is 6. The van der Waals surface area contributed by atoms with Gasteiger partial charge in [-0.3, -0.25) is 0 Å². The van der Waals surface area contributed by atoms with Crippen LogP contribution < -0.4 is 0 Å². The molecule has 0 saturated heterocycles. The molecule has 0 saturated carbocycles. The van der Waals surface area contributed by atoms with Crippen LogP contribution in [0.5, 0.6) is 0 Å². The fraction of sp³-hybridized carbons (Fsp3) is 0. The highest BCUT2D eigenvalue weighted by Crippen LogP contribution is 2.52. The van der Waals surface area contributed by atoms with Gasteiger partial charge in [0.2, 0.25) is 0 Å². The van der Waals surface area contributed by atoms with Crippen LogP contribution in [0, 0.1) is 0 Å². The van der Waals surface area contributed by atoms with Gasteiger partial charge in [-0.25, -0.2) is 0 Å². The molecule has 0 aliphatic carbocycles. The van der Waals surface area contributed by atoms with Gasteiger partial charge in [-0.1, -0.05) is 273 Å². The van der Waals surface area contributed by atoms with Crippen LogP contribution in [-0.2, 0) is 0 Å². The first-order chi connectivity index (χ1) is 47.6. The second-order valence-electron chi connectivity index (χ2n) is 26.0. The van der Waals surface area contributed by atoms with Gasteiger partial charge in [0, 0.05) is 27.1 Å². The maximum Gasteiger partial charge on any atom is 0.143 e. The quantitative estimate of drug-likeness (QED) is 0.123. The summed E-state index contributed by atoms with van der Waals surface area (Å²) in [6, 6.07) is 121. The molecule has 0 amide bonds. The molecule has 0 radical (unpaired) electrons. The monoisotopic (exact) mass is 1210 g/mol. The highest BCUT2D eigenvalue weighted by molar-refractivity contribution is 6.30. The summed E-state index contributed by atoms with van der Waals surface area (Å²) in [6.07, 6.45) is 0. The second-order valence-corrected chi connectivity index (χ2v) is 26.0. The van der Waals surface area contributed by atoms with Crippen molar-refractivity contribution in [3.05, 3.63) is 328 Å². The lowest BCUT2D eigenvalue weighted by atomic mass is 9.83. The van der Waals surface area contributed by atoms with E-state index in [0.29, 0.717) is 0 Å². The van der Waals surface area contributed by atoms with Crippen LogP contribution in [0.15, 0.2) is 336 Å². The molecule has 0 aliphatic rings. The van der Waals surface area contributed by atoms with Gasteiger partial charge in [0.25, 0.3) is 0 Å². The van der Waals surface area contributed by atoms with E-state index in [1.165, 1.54) is 147 Å². The zero-order valence-corrected chi connectivity index (χ0v) is 52.0. The van der Waals surface area contributed by atoms with E-state index >= 15 is 0 Å². The molecule has 2 heterocycles. The Kier molecular flexibility index (Phi) is 11.3. The van der Waals surface area contributed by atoms with Crippen molar-refractivity contribution in [1.29, 1.82) is 0 Å². The number of fused-ring (bicyclic) bond motifs is 18. The highest BCUT2D eigenvalue weighted by atomic mass is 16.3. The third-order valence-corrected chi connectivity index (χ3v) is 20.9. The molecule has 0 fully saturated rings. The van der Waals surface area contributed by atoms with Crippen molar-refractivity contribution in [1.82, 2.24) is 0 Å². The minimum atomic E-state index is 0.871. The van der Waals surface area contributed by atoms with E-state index in [9.17, 15) is 0 Å². The van der Waals surface area contributed by atoms with E-state index in [0.717, 1.165) is 71.5 Å². The minimum absolute atomic E-state index is 0.871. The summed E-state index contributed by atoms with van der Waals surface area (Å²) in [5, 5.41) is 28.7. The maximum atomic E-state index is 7.25. The first-order valence-electron chi connectivity index (χ1n) is 33.2. The number of hydrogen-bond acceptors (Lipinski definition) is 2. The molecule has 0 aliphatic heterocycles. The van der Waals surface area contributed by atoms with Gasteiger partial charge in [-0.2, -0.15) is 0 Å². The van der Waals surface area contributed by atoms with E-state index < -0.39 is 0 Å². The third-order valence-electron chi connectivity index (χ3n) is 20.9. The van der Waals surface area contributed by atoms with Crippen LogP contribution in [0.2, 0.25) is 0 Å². The Hall–Kier alpha value is -12.6. The normalized spacial score (nSPS) is 12.2. The molecule has 21 rings (SSSR count). The number of furan rings is 2. The minimum Gasteiger partial charge on any atom is -0.456 e. The molecule has 0 spiro atoms. The van der Waals surface area contributed by atoms with Gasteiger partial charge in [0.05, 0.1) is 0 Å². The number of hydrogen-bond donors (Lipinski definition) is 0. The SMILES string of the molecule is c1ccc2cc3c(cc2c1)oc1cccc(-c2c4ccccc4c(-c4cc5ccc(-c6ccc(-c7ccc(-c8c9ccccc9c(-c9cc%10ccccc%10c%10ccccc9%10)c9ccccc89)cc7)c7c6oc6cc8ccccc8cc67)cc5c5ccccc45)c4ccccc24)c13. The van der Waals surface area contributed by atoms with Crippen molar-refractivity contribution in [3.8, 4) is 66.8 Å². The Morgan fingerprint density at radius 3 is 1.08 bits per heavy atom. The summed E-state index contributed by atoms with van der Waals surface area (Å²) in [5.41, 5.74) is 17.7. The first kappa shape index (κ1) is 52.9. The average Bonchev–Trinajstić information content (AvgIpc) is 0.895. The summed E-state index contributed by atoms with van der Waals surface area (Å²) >= 11 is 0. The van der Waals surface area contributed by atoms with Crippen LogP contribution in [0.3, 0.4) is 0 Å². The standard InChI is InChI=1S/C94H54O2/c1-3-22-59-53-86-83(48-57(59)20-1)92-79(38-19-39-85(92)95-86)89-75-34-15-17-36-77(75)91(78-37-18-16-35-76(78)89)82-52-63-45-44-62(50-80(63)68-27-8-10-29-70(68)82)66-47-46-65(93-84-49-58-21-2-4-23-60(58)54-87(84)96-94(66)93)55-40-42-56(43-41-55)88-71-30-11-13-32-73(71)90(74-33-14-12-31-72(74)88)81-51-61-24-5-6-25-64(61)67-26-7-9-28-69(67)81/h1-54H. The van der Waals surface area contributed by atoms with Crippen molar-refractivity contribution in [2.45, 2.75) is 0 Å². The zero-order chi connectivity index (χ0) is 62.7. The molecular weight excluding hydrogens is 1160 g/mol. The van der Waals surface area contributed by atoms with Crippen LogP contribution >= 0.6 is 0 Å². The summed E-state index contributed by atoms with van der Waals surface area (Å²) in [6.45, 7) is 0. The lowest BCUT2D eigenvalue weighted by Gasteiger charge is -2.20. The molecule has 0 bridgehead atoms. The fourth-order valence-electron chi connectivity index (χ4n) is 16.7. The predicted molar refractivity (Wildman–Crippen MR) is 409 cm³/mol. The molecule has 442 valence electrons. The van der Waals surface area contributed by atoms with Gasteiger partial charge in [0.1, 0.15) is 22.3 Å². The summed E-state index contributed by atoms with van der Waals surface area (Å²) in [4.78, 5) is 0. The Morgan fingerprint density at radius 1 is 0.156 bits per heavy atom. The van der Waals surface area contributed by atoms with Crippen molar-refractivity contribution in [2.75, 3.05) is 0 Å². The van der Waals surface area contributed by atoms with E-state index in [-0.39, 0.29) is 0 Å². The summed E-state index contributed by atoms with van der Waals surface area (Å²) in [5.74, 6) is 0. The van der Waals surface area contributed by atoms with Crippen LogP contribution in [0.25, 0.3) is 218 Å². The molecule has 2 heteroatoms. The average molecular weight is 1220 g/mol. The van der Waals surface area contributed by atoms with Crippen molar-refractivity contribution in [2.24, 2.45) is 0 Å². The lowest BCUT2D eigenvalue weighted by molar-refractivity contribution is 0.669. The topological polar surface area (TPSA) is 26.3 Å². The molecule has 0 atom stereocenters. The summed E-state index contributed by atoms with van der Waals surface area (Å²) < 4.78 is 13.9. The second kappa shape index (κ2) is 20.4. The van der Waals surface area contributed by atoms with Crippen LogP contribution in [0.4, 0.5) is 0 Å². The first-order valence-corrected chi connectivity index (χ1v) is 33.2. The molecule has 96 heavy (non-hydrogen) atoms. The molecule has 0 unspecified atom stereocenters. The number of benzene rings is 19. The van der Waals surface area contributed by atoms with Gasteiger partial charge >= 0.3 is 0 Å². The van der Waals surface area contributed by atoms with Gasteiger partial charge in [0.15, 0.2) is 0 Å². The zero-order valence-electron chi connectivity index (χ0n) is 52.0. The van der Waals surface area contributed by atoms with Gasteiger partial charge < -0.3 is 8.83 Å². The predicted octanol–water partition coefficient (Wildman–Crippen LogP) is 27.0. The molecule has 0 N–H and O–H groups in total. The molecular formula is C94H54O2. The van der Waals surface area contributed by atoms with Crippen LogP contribution in [-0.4, -0.2) is 0 Å². The van der Waals surface area contributed by atoms with E-state index in [1.54, 1.807) is 0 Å². The molecule has 21 aromatic rings. The van der Waals surface area contributed by atoms with Crippen LogP contribution in [0.1, 0.15) is 0 Å². The van der Waals surface area contributed by atoms with Crippen molar-refractivity contribution >= 4 is 152 Å². The van der Waals surface area contributed by atoms with Gasteiger partial charge in [-0.05, 0) is 224 Å². The summed E-state index contributed by atoms with van der Waals surface area (Å²) in [7, 11) is 0. The smallest absolute Gasteiger partial charge is 0.143 e. The third kappa shape index (κ3) is 7.76. The van der Waals surface area contributed by atoms with E-state index in [4.69, 9.17) is 8.83 Å². The highest BCUT2D eigenvalue weighted by Gasteiger charge is 2.25. The molecule has 19 aromatic carbocycles. The molecule has 2 aromatic heterocycles. The Bertz CT molecular complexity index is 6820. The molecule has 2 nitrogen and oxygen atoms in total. The van der Waals surface area contributed by atoms with E-state index in [1.807, 2.05) is 0 Å². The van der Waals surface area contributed by atoms with Crippen molar-refractivity contribution in [3.63, 3.8) is 0 Å². The Balaban J connectivity index is 0.721. The maximum absolute atomic E-state index is 7.25. The fourth-order valence-corrected chi connectivity index (χ4v) is 16.7. The van der Waals surface area contributed by atoms with E-state index in [2.05, 4.69) is 328 Å². The largest absolute Gasteiger partial charge is 0.456 e. The lowest BCUT2D eigenvalue weighted by Crippen LogP contribution is -1.93. The Morgan fingerprint density at radius 2 is 0.542 bits per heavy atom.